The van der Waals surface area contributed by atoms with Gasteiger partial charge in [-0.1, -0.05) is 176 Å². The summed E-state index contributed by atoms with van der Waals surface area (Å²) in [7, 11) is 0. The van der Waals surface area contributed by atoms with Crippen LogP contribution in [0.3, 0.4) is 0 Å². The van der Waals surface area contributed by atoms with Crippen LogP contribution >= 0.6 is 11.3 Å². The van der Waals surface area contributed by atoms with Crippen LogP contribution < -0.4 is 0 Å². The minimum absolute atomic E-state index is 0.330. The van der Waals surface area contributed by atoms with Crippen molar-refractivity contribution in [2.24, 2.45) is 9.98 Å². The molecule has 2 aliphatic rings. The Morgan fingerprint density at radius 1 is 0.473 bits per heavy atom. The maximum Gasteiger partial charge on any atom is 0.160 e. The summed E-state index contributed by atoms with van der Waals surface area (Å²) in [5, 5.41) is 7.19. The number of para-hydroxylation sites is 2. The topological polar surface area (TPSA) is 42.8 Å². The van der Waals surface area contributed by atoms with Crippen LogP contribution in [0.1, 0.15) is 58.6 Å². The lowest BCUT2D eigenvalue weighted by molar-refractivity contribution is 0.670. The zero-order chi connectivity index (χ0) is 48.7. The van der Waals surface area contributed by atoms with Crippen LogP contribution in [0.15, 0.2) is 245 Å². The van der Waals surface area contributed by atoms with Gasteiger partial charge in [0.15, 0.2) is 5.84 Å². The molecule has 0 N–H and O–H groups in total. The van der Waals surface area contributed by atoms with Gasteiger partial charge in [0.25, 0.3) is 0 Å². The Kier molecular flexibility index (Phi) is 10.1. The van der Waals surface area contributed by atoms with E-state index in [0.717, 1.165) is 92.5 Å². The van der Waals surface area contributed by atoms with Gasteiger partial charge >= 0.3 is 0 Å². The van der Waals surface area contributed by atoms with Crippen molar-refractivity contribution < 1.29 is 4.42 Å². The molecule has 1 atom stereocenters. The Bertz CT molecular complexity index is 4490. The van der Waals surface area contributed by atoms with Gasteiger partial charge in [0, 0.05) is 70.0 Å². The maximum absolute atomic E-state index is 6.84. The SMILES string of the molecule is C1=C(c2cccc3sc4ccccc4c23)/N=C(c2ccc3c(c2)oc2c(-c4ccccc4)cccc23)\N=C(\c2cccc(-n3c4ccccc4c4cc5c(cc43)-c3ccccc3C(c3ccccc3)CC5)c2)CC\1. The molecule has 0 saturated heterocycles. The molecule has 5 heteroatoms. The van der Waals surface area contributed by atoms with Gasteiger partial charge in [-0.2, -0.15) is 0 Å². The molecule has 15 rings (SSSR count). The van der Waals surface area contributed by atoms with E-state index >= 15 is 0 Å². The number of furan rings is 1. The van der Waals surface area contributed by atoms with Gasteiger partial charge in [0.05, 0.1) is 22.4 Å². The van der Waals surface area contributed by atoms with E-state index in [2.05, 4.69) is 235 Å². The third kappa shape index (κ3) is 7.03. The fraction of sp³-hybridized carbons (Fsp3) is 0.0725. The Hall–Kier alpha value is -8.90. The van der Waals surface area contributed by atoms with Crippen molar-refractivity contribution in [3.8, 4) is 27.9 Å². The first kappa shape index (κ1) is 42.8. The smallest absolute Gasteiger partial charge is 0.160 e. The maximum atomic E-state index is 6.84. The van der Waals surface area contributed by atoms with Crippen LogP contribution in [0.4, 0.5) is 0 Å². The van der Waals surface area contributed by atoms with E-state index in [1.165, 1.54) is 69.8 Å². The number of rotatable bonds is 6. The summed E-state index contributed by atoms with van der Waals surface area (Å²) in [6, 6.07) is 81.7. The Morgan fingerprint density at radius 3 is 2.12 bits per heavy atom. The molecule has 13 aromatic rings. The minimum atomic E-state index is 0.330. The van der Waals surface area contributed by atoms with E-state index in [0.29, 0.717) is 11.8 Å². The zero-order valence-corrected chi connectivity index (χ0v) is 41.3. The highest BCUT2D eigenvalue weighted by molar-refractivity contribution is 7.25. The van der Waals surface area contributed by atoms with Crippen LogP contribution in [0, 0.1) is 0 Å². The van der Waals surface area contributed by atoms with Gasteiger partial charge < -0.3 is 8.98 Å². The average Bonchev–Trinajstić information content (AvgIpc) is 4.12. The molecule has 10 aromatic carbocycles. The van der Waals surface area contributed by atoms with E-state index in [4.69, 9.17) is 14.4 Å². The van der Waals surface area contributed by atoms with Gasteiger partial charge in [0.2, 0.25) is 0 Å². The predicted octanol–water partition coefficient (Wildman–Crippen LogP) is 18.5. The van der Waals surface area contributed by atoms with Crippen molar-refractivity contribution in [3.63, 3.8) is 0 Å². The molecule has 0 spiro atoms. The van der Waals surface area contributed by atoms with Crippen LogP contribution in [-0.2, 0) is 6.42 Å². The molecule has 74 heavy (non-hydrogen) atoms. The standard InChI is InChI=1S/C69H47N3OS/c1-3-17-43(18-4-1)49-37-35-45-40-59-53-25-9-11-32-62(53)72(63(59)42-58(45)52-24-8-7-23-51(49)52)48-22-13-21-46(39-48)60-30-16-31-61(56-29-15-34-66-67(56)57-26-10-12-33-65(57)74-66)71-69(70-60)47-36-38-54-55-28-14-27-50(44-19-5-2-6-20-44)68(55)73-64(54)41-47/h1-15,17-29,31-34,36,38-42,49H,16,30,35,37H2/b61-31-,70-60+,71-69-. The molecular formula is C69H47N3OS. The number of benzene rings is 10. The first-order chi connectivity index (χ1) is 36.7. The molecule has 0 bridgehead atoms. The van der Waals surface area contributed by atoms with Crippen molar-refractivity contribution in [3.05, 3.63) is 264 Å². The lowest BCUT2D eigenvalue weighted by atomic mass is 9.86. The quantitative estimate of drug-likeness (QED) is 0.164. The number of amidine groups is 1. The fourth-order valence-corrected chi connectivity index (χ4v) is 13.3. The summed E-state index contributed by atoms with van der Waals surface area (Å²) in [6.07, 6.45) is 5.91. The van der Waals surface area contributed by atoms with E-state index in [1.54, 1.807) is 0 Å². The summed E-state index contributed by atoms with van der Waals surface area (Å²) < 4.78 is 11.8. The van der Waals surface area contributed by atoms with Gasteiger partial charge in [-0.3, -0.25) is 0 Å². The Morgan fingerprint density at radius 2 is 1.20 bits per heavy atom. The molecular weight excluding hydrogens is 919 g/mol. The van der Waals surface area contributed by atoms with Gasteiger partial charge in [-0.25, -0.2) is 9.98 Å². The second-order valence-electron chi connectivity index (χ2n) is 19.8. The molecule has 3 aromatic heterocycles. The highest BCUT2D eigenvalue weighted by atomic mass is 32.1. The lowest BCUT2D eigenvalue weighted by Crippen LogP contribution is -2.10. The van der Waals surface area contributed by atoms with Gasteiger partial charge in [-0.05, 0) is 119 Å². The van der Waals surface area contributed by atoms with Crippen molar-refractivity contribution in [2.75, 3.05) is 0 Å². The molecule has 1 aliphatic carbocycles. The summed E-state index contributed by atoms with van der Waals surface area (Å²) in [4.78, 5) is 11.3. The molecule has 0 radical (unpaired) electrons. The van der Waals surface area contributed by atoms with Crippen molar-refractivity contribution in [1.82, 2.24) is 4.57 Å². The minimum Gasteiger partial charge on any atom is -0.455 e. The Balaban J connectivity index is 0.892. The molecule has 4 nitrogen and oxygen atoms in total. The van der Waals surface area contributed by atoms with Crippen molar-refractivity contribution >= 4 is 92.5 Å². The highest BCUT2D eigenvalue weighted by Gasteiger charge is 2.26. The van der Waals surface area contributed by atoms with E-state index in [9.17, 15) is 0 Å². The van der Waals surface area contributed by atoms with Crippen LogP contribution in [0.5, 0.6) is 0 Å². The Labute approximate surface area is 432 Å². The fourth-order valence-electron chi connectivity index (χ4n) is 12.1. The van der Waals surface area contributed by atoms with Crippen molar-refractivity contribution in [1.29, 1.82) is 0 Å². The number of hydrogen-bond acceptors (Lipinski definition) is 4. The number of aryl methyl sites for hydroxylation is 1. The van der Waals surface area contributed by atoms with E-state index in [1.807, 2.05) is 11.3 Å². The summed E-state index contributed by atoms with van der Waals surface area (Å²) in [6.45, 7) is 0. The third-order valence-electron chi connectivity index (χ3n) is 15.6. The van der Waals surface area contributed by atoms with Gasteiger partial charge in [0.1, 0.15) is 11.2 Å². The molecule has 1 aliphatic heterocycles. The second kappa shape index (κ2) is 17.4. The number of allylic oxidation sites excluding steroid dienone is 1. The van der Waals surface area contributed by atoms with Gasteiger partial charge in [-0.15, -0.1) is 11.3 Å². The number of aromatic nitrogens is 1. The van der Waals surface area contributed by atoms with E-state index in [-0.39, 0.29) is 0 Å². The third-order valence-corrected chi connectivity index (χ3v) is 16.7. The van der Waals surface area contributed by atoms with Crippen LogP contribution in [0.25, 0.3) is 97.6 Å². The number of hydrogen-bond donors (Lipinski definition) is 0. The number of thiophene rings is 1. The zero-order valence-electron chi connectivity index (χ0n) is 40.5. The van der Waals surface area contributed by atoms with Crippen LogP contribution in [0.2, 0.25) is 0 Å². The first-order valence-corrected chi connectivity index (χ1v) is 26.6. The molecule has 350 valence electrons. The molecule has 0 amide bonds. The number of aliphatic imine (C=N–C) groups is 2. The number of nitrogens with zero attached hydrogens (tertiary/aromatic N) is 3. The average molecular weight is 966 g/mol. The monoisotopic (exact) mass is 965 g/mol. The summed E-state index contributed by atoms with van der Waals surface area (Å²) in [5.41, 5.74) is 19.2. The normalized spacial score (nSPS) is 17.0. The second-order valence-corrected chi connectivity index (χ2v) is 20.9. The first-order valence-electron chi connectivity index (χ1n) is 25.8. The molecule has 1 unspecified atom stereocenters. The molecule has 0 fully saturated rings. The van der Waals surface area contributed by atoms with Crippen LogP contribution in [-0.4, -0.2) is 16.1 Å². The molecule has 4 heterocycles. The summed E-state index contributed by atoms with van der Waals surface area (Å²) in [5.74, 6) is 0.988. The largest absolute Gasteiger partial charge is 0.455 e. The lowest BCUT2D eigenvalue weighted by Gasteiger charge is -2.18. The number of fused-ring (bicyclic) bond motifs is 12. The van der Waals surface area contributed by atoms with E-state index < -0.39 is 0 Å². The van der Waals surface area contributed by atoms with Crippen molar-refractivity contribution in [2.45, 2.75) is 31.6 Å². The highest BCUT2D eigenvalue weighted by Crippen LogP contribution is 2.45. The summed E-state index contributed by atoms with van der Waals surface area (Å²) >= 11 is 1.83. The molecule has 0 saturated carbocycles. The predicted molar refractivity (Wildman–Crippen MR) is 312 cm³/mol.